The van der Waals surface area contributed by atoms with E-state index in [1.54, 1.807) is 13.8 Å². The van der Waals surface area contributed by atoms with Gasteiger partial charge in [-0.1, -0.05) is 7.43 Å². The van der Waals surface area contributed by atoms with E-state index < -0.39 is 0 Å². The maximum Gasteiger partial charge on any atom is 0.321 e. The number of ether oxygens (including phenoxy) is 1. The number of nitrogens with zero attached hydrogens (tertiary/aromatic N) is 5. The molecule has 2 N–H and O–H groups in total. The third-order valence-electron chi connectivity index (χ3n) is 7.90. The summed E-state index contributed by atoms with van der Waals surface area (Å²) in [5, 5.41) is 10.2. The first-order valence-corrected chi connectivity index (χ1v) is 12.9. The zero-order valence-corrected chi connectivity index (χ0v) is 21.8. The summed E-state index contributed by atoms with van der Waals surface area (Å²) in [5.74, 6) is 1.62. The standard InChI is InChI=1S/C25H37N7O4.CH4/c1-14-11-31(15(2)10-30(14)12-19-6-8-35-9-7-19)25(34)32-13-20-21(16(32)3)28-29-23(20)27-24(33)22-17(4)36-18(5)26-22;/h14-16,19H,6-13H2,1-5H3,(H2,27,28,29,33);1H4/t14-,15+,16?;/m1./s1. The first kappa shape index (κ1) is 27.1. The molecule has 2 fully saturated rings. The second-order valence-electron chi connectivity index (χ2n) is 10.5. The minimum absolute atomic E-state index is 0. The highest BCUT2D eigenvalue weighted by atomic mass is 16.5. The predicted octanol–water partition coefficient (Wildman–Crippen LogP) is 3.72. The Morgan fingerprint density at radius 2 is 1.81 bits per heavy atom. The van der Waals surface area contributed by atoms with Crippen LogP contribution in [-0.2, 0) is 11.3 Å². The molecule has 2 aromatic heterocycles. The quantitative estimate of drug-likeness (QED) is 0.637. The summed E-state index contributed by atoms with van der Waals surface area (Å²) in [4.78, 5) is 37.0. The first-order chi connectivity index (χ1) is 17.2. The van der Waals surface area contributed by atoms with Crippen molar-refractivity contribution in [1.82, 2.24) is 29.9 Å². The fourth-order valence-electron chi connectivity index (χ4n) is 5.74. The summed E-state index contributed by atoms with van der Waals surface area (Å²) in [5.41, 5.74) is 1.93. The number of amides is 3. The summed E-state index contributed by atoms with van der Waals surface area (Å²) in [6.07, 6.45) is 2.23. The number of aryl methyl sites for hydroxylation is 2. The van der Waals surface area contributed by atoms with Crippen LogP contribution in [0.15, 0.2) is 4.42 Å². The van der Waals surface area contributed by atoms with E-state index in [1.165, 1.54) is 0 Å². The Bertz CT molecular complexity index is 1120. The number of aromatic amines is 1. The second kappa shape index (κ2) is 10.8. The number of aromatic nitrogens is 3. The molecule has 0 spiro atoms. The summed E-state index contributed by atoms with van der Waals surface area (Å²) < 4.78 is 10.9. The number of carbonyl (C=O) groups excluding carboxylic acids is 2. The molecular weight excluding hydrogens is 474 g/mol. The lowest BCUT2D eigenvalue weighted by atomic mass is 9.97. The van der Waals surface area contributed by atoms with Crippen LogP contribution in [0.5, 0.6) is 0 Å². The van der Waals surface area contributed by atoms with Crippen molar-refractivity contribution < 1.29 is 18.7 Å². The molecule has 3 atom stereocenters. The Kier molecular flexibility index (Phi) is 7.94. The number of urea groups is 1. The predicted molar refractivity (Wildman–Crippen MR) is 139 cm³/mol. The molecule has 204 valence electrons. The van der Waals surface area contributed by atoms with Gasteiger partial charge in [0.15, 0.2) is 17.4 Å². The number of nitrogens with one attached hydrogen (secondary N) is 2. The second-order valence-corrected chi connectivity index (χ2v) is 10.5. The lowest BCUT2D eigenvalue weighted by Crippen LogP contribution is -2.60. The zero-order chi connectivity index (χ0) is 25.6. The van der Waals surface area contributed by atoms with Crippen LogP contribution in [0.4, 0.5) is 10.6 Å². The van der Waals surface area contributed by atoms with Crippen molar-refractivity contribution in [2.24, 2.45) is 5.92 Å². The van der Waals surface area contributed by atoms with E-state index in [4.69, 9.17) is 9.15 Å². The van der Waals surface area contributed by atoms with Crippen LogP contribution in [0.3, 0.4) is 0 Å². The van der Waals surface area contributed by atoms with Gasteiger partial charge < -0.3 is 24.3 Å². The number of H-pyrrole nitrogens is 1. The van der Waals surface area contributed by atoms with Gasteiger partial charge in [-0.15, -0.1) is 0 Å². The number of fused-ring (bicyclic) bond motifs is 1. The highest BCUT2D eigenvalue weighted by Crippen LogP contribution is 2.37. The van der Waals surface area contributed by atoms with Crippen molar-refractivity contribution >= 4 is 17.8 Å². The molecule has 3 aliphatic heterocycles. The maximum absolute atomic E-state index is 13.7. The fraction of sp³-hybridized carbons (Fsp3) is 0.692. The van der Waals surface area contributed by atoms with Gasteiger partial charge in [-0.3, -0.25) is 14.8 Å². The third-order valence-corrected chi connectivity index (χ3v) is 7.90. The summed E-state index contributed by atoms with van der Waals surface area (Å²) in [6.45, 7) is 14.5. The largest absolute Gasteiger partial charge is 0.445 e. The van der Waals surface area contributed by atoms with Crippen LogP contribution in [0, 0.1) is 19.8 Å². The van der Waals surface area contributed by atoms with Crippen LogP contribution in [0.2, 0.25) is 0 Å². The van der Waals surface area contributed by atoms with E-state index in [-0.39, 0.29) is 37.1 Å². The van der Waals surface area contributed by atoms with Gasteiger partial charge >= 0.3 is 6.03 Å². The molecule has 37 heavy (non-hydrogen) atoms. The minimum Gasteiger partial charge on any atom is -0.445 e. The molecule has 5 rings (SSSR count). The van der Waals surface area contributed by atoms with Gasteiger partial charge in [0.25, 0.3) is 5.91 Å². The molecule has 3 aliphatic rings. The van der Waals surface area contributed by atoms with Gasteiger partial charge in [0.2, 0.25) is 0 Å². The number of anilines is 1. The van der Waals surface area contributed by atoms with E-state index in [0.29, 0.717) is 42.5 Å². The summed E-state index contributed by atoms with van der Waals surface area (Å²) >= 11 is 0. The minimum atomic E-state index is -0.376. The van der Waals surface area contributed by atoms with Crippen LogP contribution >= 0.6 is 0 Å². The van der Waals surface area contributed by atoms with Crippen molar-refractivity contribution in [2.75, 3.05) is 38.2 Å². The van der Waals surface area contributed by atoms with Gasteiger partial charge in [-0.25, -0.2) is 9.78 Å². The first-order valence-electron chi connectivity index (χ1n) is 12.9. The smallest absolute Gasteiger partial charge is 0.321 e. The van der Waals surface area contributed by atoms with E-state index in [0.717, 1.165) is 50.4 Å². The van der Waals surface area contributed by atoms with E-state index >= 15 is 0 Å². The monoisotopic (exact) mass is 515 g/mol. The lowest BCUT2D eigenvalue weighted by Gasteiger charge is -2.46. The topological polar surface area (TPSA) is 120 Å². The molecule has 2 aromatic rings. The Balaban J connectivity index is 0.00000320. The van der Waals surface area contributed by atoms with E-state index in [1.807, 2.05) is 16.7 Å². The Labute approximate surface area is 218 Å². The highest BCUT2D eigenvalue weighted by molar-refractivity contribution is 6.03. The Morgan fingerprint density at radius 3 is 2.49 bits per heavy atom. The molecule has 11 nitrogen and oxygen atoms in total. The van der Waals surface area contributed by atoms with Gasteiger partial charge in [-0.05, 0) is 46.5 Å². The van der Waals surface area contributed by atoms with Gasteiger partial charge in [-0.2, -0.15) is 5.10 Å². The molecule has 0 saturated carbocycles. The van der Waals surface area contributed by atoms with E-state index in [2.05, 4.69) is 39.2 Å². The van der Waals surface area contributed by atoms with Crippen molar-refractivity contribution in [1.29, 1.82) is 0 Å². The number of hydrogen-bond acceptors (Lipinski definition) is 7. The molecule has 11 heteroatoms. The van der Waals surface area contributed by atoms with Crippen molar-refractivity contribution in [2.45, 2.75) is 79.6 Å². The average molecular weight is 516 g/mol. The normalized spacial score (nSPS) is 24.6. The van der Waals surface area contributed by atoms with Crippen molar-refractivity contribution in [3.05, 3.63) is 28.6 Å². The Hall–Kier alpha value is -2.92. The highest BCUT2D eigenvalue weighted by Gasteiger charge is 2.41. The van der Waals surface area contributed by atoms with Crippen molar-refractivity contribution in [3.63, 3.8) is 0 Å². The SMILES string of the molecule is C.Cc1nc(C(=O)Nc2n[nH]c3c2CN(C(=O)N2C[C@@H](C)N(CC4CCOCC4)C[C@@H]2C)C3C)c(C)o1. The van der Waals surface area contributed by atoms with Crippen LogP contribution in [-0.4, -0.2) is 86.8 Å². The van der Waals surface area contributed by atoms with Crippen LogP contribution < -0.4 is 5.32 Å². The number of rotatable bonds is 4. The molecule has 0 bridgehead atoms. The van der Waals surface area contributed by atoms with Crippen LogP contribution in [0.25, 0.3) is 0 Å². The molecule has 0 aromatic carbocycles. The third kappa shape index (κ3) is 5.24. The van der Waals surface area contributed by atoms with Crippen LogP contribution in [0.1, 0.15) is 80.5 Å². The number of piperazine rings is 1. The summed E-state index contributed by atoms with van der Waals surface area (Å²) in [7, 11) is 0. The average Bonchev–Trinajstić information content (AvgIpc) is 3.50. The van der Waals surface area contributed by atoms with Crippen molar-refractivity contribution in [3.8, 4) is 0 Å². The number of carbonyl (C=O) groups is 2. The Morgan fingerprint density at radius 1 is 1.08 bits per heavy atom. The summed E-state index contributed by atoms with van der Waals surface area (Å²) in [6, 6.07) is 0.284. The molecule has 5 heterocycles. The lowest BCUT2D eigenvalue weighted by molar-refractivity contribution is 0.0127. The fourth-order valence-corrected chi connectivity index (χ4v) is 5.74. The molecule has 0 radical (unpaired) electrons. The maximum atomic E-state index is 13.7. The molecular formula is C26H41N7O4. The number of hydrogen-bond donors (Lipinski definition) is 2. The van der Waals surface area contributed by atoms with Gasteiger partial charge in [0, 0.05) is 57.4 Å². The van der Waals surface area contributed by atoms with E-state index in [9.17, 15) is 9.59 Å². The van der Waals surface area contributed by atoms with Gasteiger partial charge in [0.1, 0.15) is 5.76 Å². The molecule has 2 saturated heterocycles. The zero-order valence-electron chi connectivity index (χ0n) is 21.8. The number of oxazole rings is 1. The van der Waals surface area contributed by atoms with Gasteiger partial charge in [0.05, 0.1) is 18.3 Å². The molecule has 0 aliphatic carbocycles. The molecule has 1 unspecified atom stereocenters. The molecule has 3 amide bonds.